The minimum absolute atomic E-state index is 0.0776. The van der Waals surface area contributed by atoms with Crippen molar-refractivity contribution in [1.29, 1.82) is 0 Å². The Balaban J connectivity index is 2.08. The Morgan fingerprint density at radius 1 is 1.47 bits per heavy atom. The second kappa shape index (κ2) is 5.12. The fourth-order valence-electron chi connectivity index (χ4n) is 1.85. The predicted molar refractivity (Wildman–Crippen MR) is 67.1 cm³/mol. The molecule has 1 amide bonds. The van der Waals surface area contributed by atoms with E-state index in [1.165, 1.54) is 23.3 Å². The van der Waals surface area contributed by atoms with Crippen LogP contribution in [0, 0.1) is 0 Å². The summed E-state index contributed by atoms with van der Waals surface area (Å²) in [5.74, 6) is 0.0776. The van der Waals surface area contributed by atoms with E-state index in [-0.39, 0.29) is 5.91 Å². The first-order valence-electron chi connectivity index (χ1n) is 5.27. The highest BCUT2D eigenvalue weighted by Gasteiger charge is 2.16. The van der Waals surface area contributed by atoms with Gasteiger partial charge in [0.25, 0.3) is 5.91 Å². The number of fused-ring (bicyclic) bond motifs is 1. The monoisotopic (exact) mass is 287 g/mol. The molecule has 1 aliphatic rings. The molecule has 0 aromatic carbocycles. The molecular weight excluding hydrogens is 274 g/mol. The zero-order valence-electron chi connectivity index (χ0n) is 8.51. The van der Waals surface area contributed by atoms with Gasteiger partial charge in [0.2, 0.25) is 0 Å². The van der Waals surface area contributed by atoms with Crippen LogP contribution in [0.15, 0.2) is 6.07 Å². The van der Waals surface area contributed by atoms with Gasteiger partial charge in [-0.2, -0.15) is 0 Å². The van der Waals surface area contributed by atoms with E-state index in [1.54, 1.807) is 11.3 Å². The summed E-state index contributed by atoms with van der Waals surface area (Å²) in [6.07, 6.45) is 4.85. The fraction of sp³-hybridized carbons (Fsp3) is 0.545. The number of halogens is 1. The zero-order valence-corrected chi connectivity index (χ0v) is 10.9. The Bertz CT molecular complexity index is 338. The molecule has 1 N–H and O–H groups in total. The summed E-state index contributed by atoms with van der Waals surface area (Å²) in [5, 5.41) is 3.69. The minimum atomic E-state index is 0.0776. The van der Waals surface area contributed by atoms with Gasteiger partial charge < -0.3 is 5.32 Å². The standard InChI is InChI=1S/C11H14BrNOS/c12-5-6-13-11(14)10-7-8-3-1-2-4-9(8)15-10/h7H,1-6H2,(H,13,14). The lowest BCUT2D eigenvalue weighted by atomic mass is 9.99. The van der Waals surface area contributed by atoms with Crippen molar-refractivity contribution in [3.05, 3.63) is 21.4 Å². The van der Waals surface area contributed by atoms with Crippen LogP contribution in [0.3, 0.4) is 0 Å². The van der Waals surface area contributed by atoms with Crippen molar-refractivity contribution in [3.63, 3.8) is 0 Å². The Hall–Kier alpha value is -0.350. The summed E-state index contributed by atoms with van der Waals surface area (Å²) in [4.78, 5) is 14.0. The van der Waals surface area contributed by atoms with Crippen molar-refractivity contribution in [3.8, 4) is 0 Å². The fourth-order valence-corrected chi connectivity index (χ4v) is 3.22. The molecule has 0 spiro atoms. The van der Waals surface area contributed by atoms with Crippen LogP contribution in [-0.4, -0.2) is 17.8 Å². The summed E-state index contributed by atoms with van der Waals surface area (Å²) >= 11 is 4.96. The van der Waals surface area contributed by atoms with Crippen molar-refractivity contribution in [2.45, 2.75) is 25.7 Å². The number of thiophene rings is 1. The molecule has 0 fully saturated rings. The summed E-state index contributed by atoms with van der Waals surface area (Å²) in [7, 11) is 0. The van der Waals surface area contributed by atoms with Crippen molar-refractivity contribution < 1.29 is 4.79 Å². The second-order valence-electron chi connectivity index (χ2n) is 3.71. The predicted octanol–water partition coefficient (Wildman–Crippen LogP) is 2.75. The lowest BCUT2D eigenvalue weighted by Crippen LogP contribution is -2.24. The molecule has 0 saturated carbocycles. The number of carbonyl (C=O) groups is 1. The third kappa shape index (κ3) is 2.61. The van der Waals surface area contributed by atoms with Gasteiger partial charge in [-0.1, -0.05) is 15.9 Å². The SMILES string of the molecule is O=C(NCCBr)c1cc2c(s1)CCCC2. The molecule has 2 rings (SSSR count). The quantitative estimate of drug-likeness (QED) is 0.851. The first kappa shape index (κ1) is 11.1. The number of alkyl halides is 1. The Kier molecular flexibility index (Phi) is 3.81. The van der Waals surface area contributed by atoms with Crippen LogP contribution >= 0.6 is 27.3 Å². The molecule has 0 bridgehead atoms. The smallest absolute Gasteiger partial charge is 0.261 e. The Morgan fingerprint density at radius 2 is 2.27 bits per heavy atom. The Labute approximate surface area is 102 Å². The van der Waals surface area contributed by atoms with E-state index < -0.39 is 0 Å². The van der Waals surface area contributed by atoms with Crippen LogP contribution in [-0.2, 0) is 12.8 Å². The van der Waals surface area contributed by atoms with Crippen LogP contribution in [0.5, 0.6) is 0 Å². The number of carbonyl (C=O) groups excluding carboxylic acids is 1. The molecule has 0 radical (unpaired) electrons. The highest BCUT2D eigenvalue weighted by atomic mass is 79.9. The van der Waals surface area contributed by atoms with Crippen molar-refractivity contribution in [2.24, 2.45) is 0 Å². The Morgan fingerprint density at radius 3 is 3.00 bits per heavy atom. The van der Waals surface area contributed by atoms with Gasteiger partial charge in [0.05, 0.1) is 4.88 Å². The first-order valence-corrected chi connectivity index (χ1v) is 7.21. The number of hydrogen-bond donors (Lipinski definition) is 1. The van der Waals surface area contributed by atoms with E-state index in [4.69, 9.17) is 0 Å². The van der Waals surface area contributed by atoms with Gasteiger partial charge in [0, 0.05) is 16.8 Å². The highest BCUT2D eigenvalue weighted by Crippen LogP contribution is 2.29. The van der Waals surface area contributed by atoms with Gasteiger partial charge in [-0.05, 0) is 37.3 Å². The van der Waals surface area contributed by atoms with Crippen LogP contribution < -0.4 is 5.32 Å². The summed E-state index contributed by atoms with van der Waals surface area (Å²) in [6.45, 7) is 0.696. The summed E-state index contributed by atoms with van der Waals surface area (Å²) in [5.41, 5.74) is 1.40. The van der Waals surface area contributed by atoms with Gasteiger partial charge >= 0.3 is 0 Å². The number of nitrogens with one attached hydrogen (secondary N) is 1. The second-order valence-corrected chi connectivity index (χ2v) is 5.64. The van der Waals surface area contributed by atoms with E-state index in [0.717, 1.165) is 23.0 Å². The molecule has 1 aromatic rings. The maximum absolute atomic E-state index is 11.7. The maximum atomic E-state index is 11.7. The lowest BCUT2D eigenvalue weighted by Gasteiger charge is -2.08. The van der Waals surface area contributed by atoms with Gasteiger partial charge in [0.15, 0.2) is 0 Å². The zero-order chi connectivity index (χ0) is 10.7. The third-order valence-corrected chi connectivity index (χ3v) is 4.23. The van der Waals surface area contributed by atoms with E-state index in [9.17, 15) is 4.79 Å². The molecule has 1 heterocycles. The number of aryl methyl sites for hydroxylation is 2. The third-order valence-electron chi connectivity index (χ3n) is 2.60. The van der Waals surface area contributed by atoms with Crippen LogP contribution in [0.1, 0.15) is 33.0 Å². The molecule has 0 aliphatic heterocycles. The number of hydrogen-bond acceptors (Lipinski definition) is 2. The van der Waals surface area contributed by atoms with E-state index in [0.29, 0.717) is 6.54 Å². The first-order chi connectivity index (χ1) is 7.31. The largest absolute Gasteiger partial charge is 0.351 e. The average Bonchev–Trinajstić information content (AvgIpc) is 2.69. The lowest BCUT2D eigenvalue weighted by molar-refractivity contribution is 0.0960. The van der Waals surface area contributed by atoms with Crippen molar-refractivity contribution in [1.82, 2.24) is 5.32 Å². The molecule has 1 aliphatic carbocycles. The van der Waals surface area contributed by atoms with E-state index in [2.05, 4.69) is 27.3 Å². The molecule has 0 unspecified atom stereocenters. The van der Waals surface area contributed by atoms with Gasteiger partial charge in [0.1, 0.15) is 0 Å². The van der Waals surface area contributed by atoms with Crippen molar-refractivity contribution in [2.75, 3.05) is 11.9 Å². The molecule has 82 valence electrons. The molecule has 0 atom stereocenters. The van der Waals surface area contributed by atoms with Gasteiger partial charge in [-0.15, -0.1) is 11.3 Å². The average molecular weight is 288 g/mol. The van der Waals surface area contributed by atoms with Gasteiger partial charge in [-0.3, -0.25) is 4.79 Å². The van der Waals surface area contributed by atoms with E-state index >= 15 is 0 Å². The van der Waals surface area contributed by atoms with Gasteiger partial charge in [-0.25, -0.2) is 0 Å². The van der Waals surface area contributed by atoms with E-state index in [1.807, 2.05) is 0 Å². The molecule has 15 heavy (non-hydrogen) atoms. The maximum Gasteiger partial charge on any atom is 0.261 e. The highest BCUT2D eigenvalue weighted by molar-refractivity contribution is 9.09. The molecule has 1 aromatic heterocycles. The molecular formula is C11H14BrNOS. The summed E-state index contributed by atoms with van der Waals surface area (Å²) < 4.78 is 0. The topological polar surface area (TPSA) is 29.1 Å². The van der Waals surface area contributed by atoms with Crippen LogP contribution in [0.25, 0.3) is 0 Å². The summed E-state index contributed by atoms with van der Waals surface area (Å²) in [6, 6.07) is 2.07. The molecule has 0 saturated heterocycles. The van der Waals surface area contributed by atoms with Crippen LogP contribution in [0.4, 0.5) is 0 Å². The molecule has 4 heteroatoms. The number of rotatable bonds is 3. The minimum Gasteiger partial charge on any atom is -0.351 e. The van der Waals surface area contributed by atoms with Crippen LogP contribution in [0.2, 0.25) is 0 Å². The van der Waals surface area contributed by atoms with Crippen molar-refractivity contribution >= 4 is 33.2 Å². The molecule has 2 nitrogen and oxygen atoms in total. The normalized spacial score (nSPS) is 14.7. The number of amides is 1.